The third-order valence-electron chi connectivity index (χ3n) is 4.73. The number of ether oxygens (including phenoxy) is 1. The molecule has 0 atom stereocenters. The fourth-order valence-electron chi connectivity index (χ4n) is 3.36. The molecule has 0 spiro atoms. The first-order valence-corrected chi connectivity index (χ1v) is 10.5. The molecule has 0 bridgehead atoms. The maximum atomic E-state index is 13.0. The van der Waals surface area contributed by atoms with Gasteiger partial charge in [-0.15, -0.1) is 11.3 Å². The molecule has 7 heteroatoms. The topological polar surface area (TPSA) is 84.5 Å². The highest BCUT2D eigenvalue weighted by atomic mass is 32.1. The quantitative estimate of drug-likeness (QED) is 0.534. The van der Waals surface area contributed by atoms with Gasteiger partial charge in [-0.1, -0.05) is 23.8 Å². The molecule has 2 aromatic carbocycles. The van der Waals surface area contributed by atoms with Crippen LogP contribution in [0.5, 0.6) is 0 Å². The van der Waals surface area contributed by atoms with Crippen LogP contribution in [0, 0.1) is 27.7 Å². The van der Waals surface area contributed by atoms with Crippen LogP contribution < -0.4 is 10.6 Å². The lowest BCUT2D eigenvalue weighted by Gasteiger charge is -2.07. The summed E-state index contributed by atoms with van der Waals surface area (Å²) in [6, 6.07) is 12.9. The second-order valence-electron chi connectivity index (χ2n) is 7.41. The van der Waals surface area contributed by atoms with E-state index in [1.165, 1.54) is 7.11 Å². The average Bonchev–Trinajstić information content (AvgIpc) is 3.02. The Bertz CT molecular complexity index is 1160. The predicted molar refractivity (Wildman–Crippen MR) is 123 cm³/mol. The van der Waals surface area contributed by atoms with Crippen molar-refractivity contribution in [1.82, 2.24) is 0 Å². The predicted octanol–water partition coefficient (Wildman–Crippen LogP) is 5.27. The van der Waals surface area contributed by atoms with Gasteiger partial charge in [-0.2, -0.15) is 0 Å². The summed E-state index contributed by atoms with van der Waals surface area (Å²) >= 11 is 1.05. The Hall–Kier alpha value is -3.45. The number of carbonyl (C=O) groups excluding carboxylic acids is 3. The van der Waals surface area contributed by atoms with Crippen LogP contribution in [0.2, 0.25) is 0 Å². The van der Waals surface area contributed by atoms with E-state index in [1.54, 1.807) is 25.1 Å². The number of carbonyl (C=O) groups is 3. The van der Waals surface area contributed by atoms with Gasteiger partial charge in [0.2, 0.25) is 0 Å². The van der Waals surface area contributed by atoms with Crippen molar-refractivity contribution in [2.24, 2.45) is 0 Å². The molecule has 160 valence electrons. The lowest BCUT2D eigenvalue weighted by molar-refractivity contribution is 0.0601. The van der Waals surface area contributed by atoms with Crippen LogP contribution in [0.25, 0.3) is 0 Å². The van der Waals surface area contributed by atoms with E-state index in [2.05, 4.69) is 10.6 Å². The van der Waals surface area contributed by atoms with Crippen molar-refractivity contribution >= 4 is 39.8 Å². The Morgan fingerprint density at radius 3 is 2.13 bits per heavy atom. The minimum atomic E-state index is -0.612. The van der Waals surface area contributed by atoms with Crippen molar-refractivity contribution in [2.45, 2.75) is 27.7 Å². The zero-order chi connectivity index (χ0) is 22.7. The fraction of sp³-hybridized carbons (Fsp3) is 0.208. The zero-order valence-electron chi connectivity index (χ0n) is 18.1. The van der Waals surface area contributed by atoms with E-state index in [0.717, 1.165) is 28.0 Å². The van der Waals surface area contributed by atoms with Gasteiger partial charge in [0.25, 0.3) is 11.8 Å². The normalized spacial score (nSPS) is 10.5. The Balaban J connectivity index is 1.95. The number of thiophene rings is 1. The number of aryl methyl sites for hydroxylation is 3. The monoisotopic (exact) mass is 436 g/mol. The number of hydrogen-bond acceptors (Lipinski definition) is 5. The summed E-state index contributed by atoms with van der Waals surface area (Å²) in [5, 5.41) is 5.92. The summed E-state index contributed by atoms with van der Waals surface area (Å²) in [6.07, 6.45) is 0. The number of rotatable bonds is 5. The lowest BCUT2D eigenvalue weighted by Crippen LogP contribution is -2.14. The van der Waals surface area contributed by atoms with Crippen LogP contribution in [0.3, 0.4) is 0 Å². The second-order valence-corrected chi connectivity index (χ2v) is 8.43. The van der Waals surface area contributed by atoms with Crippen LogP contribution in [0.4, 0.5) is 10.7 Å². The maximum absolute atomic E-state index is 13.0. The molecule has 1 heterocycles. The van der Waals surface area contributed by atoms with Crippen molar-refractivity contribution in [3.8, 4) is 0 Å². The summed E-state index contributed by atoms with van der Waals surface area (Å²) in [4.78, 5) is 38.4. The molecule has 0 saturated carbocycles. The first-order chi connectivity index (χ1) is 14.7. The number of esters is 1. The van der Waals surface area contributed by atoms with Gasteiger partial charge in [0.1, 0.15) is 5.00 Å². The van der Waals surface area contributed by atoms with Crippen molar-refractivity contribution in [1.29, 1.82) is 0 Å². The van der Waals surface area contributed by atoms with E-state index in [-0.39, 0.29) is 22.4 Å². The van der Waals surface area contributed by atoms with Crippen LogP contribution in [0.1, 0.15) is 52.6 Å². The third kappa shape index (κ3) is 5.00. The van der Waals surface area contributed by atoms with E-state index in [4.69, 9.17) is 4.74 Å². The molecule has 0 saturated heterocycles. The highest BCUT2D eigenvalue weighted by Gasteiger charge is 2.26. The van der Waals surface area contributed by atoms with Crippen molar-refractivity contribution < 1.29 is 19.1 Å². The van der Waals surface area contributed by atoms with Gasteiger partial charge in [-0.3, -0.25) is 9.59 Å². The molecule has 31 heavy (non-hydrogen) atoms. The molecule has 0 fully saturated rings. The largest absolute Gasteiger partial charge is 0.465 e. The van der Waals surface area contributed by atoms with Gasteiger partial charge < -0.3 is 15.4 Å². The number of nitrogens with one attached hydrogen (secondary N) is 2. The van der Waals surface area contributed by atoms with Crippen molar-refractivity contribution in [2.75, 3.05) is 17.7 Å². The van der Waals surface area contributed by atoms with Crippen molar-refractivity contribution in [3.05, 3.63) is 80.7 Å². The summed E-state index contributed by atoms with van der Waals surface area (Å²) in [5.74, 6) is -1.33. The molecule has 6 nitrogen and oxygen atoms in total. The van der Waals surface area contributed by atoms with E-state index in [0.29, 0.717) is 21.7 Å². The number of hydrogen-bond donors (Lipinski definition) is 2. The van der Waals surface area contributed by atoms with E-state index >= 15 is 0 Å². The molecule has 0 aliphatic rings. The molecule has 2 amide bonds. The molecule has 2 N–H and O–H groups in total. The van der Waals surface area contributed by atoms with Crippen LogP contribution in [-0.4, -0.2) is 24.9 Å². The molecular weight excluding hydrogens is 412 g/mol. The standard InChI is InChI=1S/C24H24N2O4S/c1-13-7-6-8-17(10-13)21(27)26-23-19(24(29)30-5)16(4)20(31-23)22(28)25-18-11-14(2)9-15(3)12-18/h6-12H,1-5H3,(H,25,28)(H,26,27). The lowest BCUT2D eigenvalue weighted by atomic mass is 10.1. The van der Waals surface area contributed by atoms with Gasteiger partial charge >= 0.3 is 5.97 Å². The van der Waals surface area contributed by atoms with Gasteiger partial charge in [-0.05, 0) is 68.7 Å². The summed E-state index contributed by atoms with van der Waals surface area (Å²) in [5.41, 5.74) is 4.76. The second kappa shape index (κ2) is 9.14. The van der Waals surface area contributed by atoms with Crippen LogP contribution in [-0.2, 0) is 4.74 Å². The Labute approximate surface area is 185 Å². The van der Waals surface area contributed by atoms with Gasteiger partial charge in [0.15, 0.2) is 0 Å². The number of amides is 2. The first-order valence-electron chi connectivity index (χ1n) is 9.69. The first kappa shape index (κ1) is 22.2. The van der Waals surface area contributed by atoms with Gasteiger partial charge in [-0.25, -0.2) is 4.79 Å². The number of anilines is 2. The molecule has 0 radical (unpaired) electrons. The maximum Gasteiger partial charge on any atom is 0.341 e. The molecule has 3 aromatic rings. The summed E-state index contributed by atoms with van der Waals surface area (Å²) in [6.45, 7) is 7.46. The zero-order valence-corrected chi connectivity index (χ0v) is 18.9. The summed E-state index contributed by atoms with van der Waals surface area (Å²) in [7, 11) is 1.26. The minimum Gasteiger partial charge on any atom is -0.465 e. The van der Waals surface area contributed by atoms with E-state index < -0.39 is 5.97 Å². The minimum absolute atomic E-state index is 0.180. The van der Waals surface area contributed by atoms with E-state index in [9.17, 15) is 14.4 Å². The number of benzene rings is 2. The highest BCUT2D eigenvalue weighted by molar-refractivity contribution is 7.19. The third-order valence-corrected chi connectivity index (χ3v) is 5.94. The molecule has 0 aliphatic carbocycles. The Kier molecular flexibility index (Phi) is 6.56. The van der Waals surface area contributed by atoms with Crippen LogP contribution >= 0.6 is 11.3 Å². The summed E-state index contributed by atoms with van der Waals surface area (Å²) < 4.78 is 4.89. The average molecular weight is 437 g/mol. The fourth-order valence-corrected chi connectivity index (χ4v) is 4.45. The van der Waals surface area contributed by atoms with E-state index in [1.807, 2.05) is 45.0 Å². The Morgan fingerprint density at radius 1 is 0.839 bits per heavy atom. The van der Waals surface area contributed by atoms with Crippen LogP contribution in [0.15, 0.2) is 42.5 Å². The SMILES string of the molecule is COC(=O)c1c(NC(=O)c2cccc(C)c2)sc(C(=O)Nc2cc(C)cc(C)c2)c1C. The van der Waals surface area contributed by atoms with Crippen molar-refractivity contribution in [3.63, 3.8) is 0 Å². The molecular formula is C24H24N2O4S. The van der Waals surface area contributed by atoms with Gasteiger partial charge in [0.05, 0.1) is 17.6 Å². The molecule has 0 aliphatic heterocycles. The molecule has 3 rings (SSSR count). The highest BCUT2D eigenvalue weighted by Crippen LogP contribution is 2.34. The molecule has 1 aromatic heterocycles. The van der Waals surface area contributed by atoms with Gasteiger partial charge in [0, 0.05) is 11.3 Å². The Morgan fingerprint density at radius 2 is 1.52 bits per heavy atom. The number of methoxy groups -OCH3 is 1. The smallest absolute Gasteiger partial charge is 0.341 e. The molecule has 0 unspecified atom stereocenters.